The van der Waals surface area contributed by atoms with Crippen LogP contribution in [-0.4, -0.2) is 59.2 Å². The van der Waals surface area contributed by atoms with Crippen molar-refractivity contribution in [1.29, 1.82) is 0 Å². The molecule has 0 aromatic heterocycles. The molecular formula is C24H25F2N3O2. The van der Waals surface area contributed by atoms with Gasteiger partial charge in [0.25, 0.3) is 0 Å². The monoisotopic (exact) mass is 425 g/mol. The summed E-state index contributed by atoms with van der Waals surface area (Å²) in [5.41, 5.74) is 3.07. The van der Waals surface area contributed by atoms with E-state index in [0.717, 1.165) is 25.6 Å². The predicted octanol–water partition coefficient (Wildman–Crippen LogP) is 2.44. The van der Waals surface area contributed by atoms with E-state index in [1.807, 2.05) is 11.0 Å². The van der Waals surface area contributed by atoms with Crippen molar-refractivity contribution in [2.24, 2.45) is 11.8 Å². The molecule has 0 aliphatic carbocycles. The van der Waals surface area contributed by atoms with E-state index in [4.69, 9.17) is 0 Å². The van der Waals surface area contributed by atoms with Gasteiger partial charge in [0.15, 0.2) is 0 Å². The minimum atomic E-state index is -0.613. The molecule has 162 valence electrons. The number of likely N-dealkylation sites (tertiary alicyclic amines) is 2. The van der Waals surface area contributed by atoms with Crippen molar-refractivity contribution in [3.8, 4) is 0 Å². The summed E-state index contributed by atoms with van der Waals surface area (Å²) in [4.78, 5) is 31.5. The first-order valence-electron chi connectivity index (χ1n) is 10.8. The van der Waals surface area contributed by atoms with Crippen LogP contribution in [0.1, 0.15) is 16.7 Å². The van der Waals surface area contributed by atoms with Crippen molar-refractivity contribution in [3.05, 3.63) is 70.8 Å². The Hall–Kier alpha value is -2.64. The molecule has 2 atom stereocenters. The number of rotatable bonds is 5. The molecule has 3 aliphatic rings. The normalized spacial score (nSPS) is 24.0. The van der Waals surface area contributed by atoms with E-state index in [0.29, 0.717) is 31.7 Å². The molecule has 7 heteroatoms. The average molecular weight is 425 g/mol. The lowest BCUT2D eigenvalue weighted by Gasteiger charge is -2.30. The van der Waals surface area contributed by atoms with Gasteiger partial charge in [-0.2, -0.15) is 0 Å². The van der Waals surface area contributed by atoms with E-state index in [9.17, 15) is 18.4 Å². The second-order valence-corrected chi connectivity index (χ2v) is 8.77. The maximum absolute atomic E-state index is 14.0. The Morgan fingerprint density at radius 3 is 2.29 bits per heavy atom. The van der Waals surface area contributed by atoms with Crippen LogP contribution in [0.4, 0.5) is 8.78 Å². The molecule has 3 heterocycles. The Balaban J connectivity index is 1.17. The highest BCUT2D eigenvalue weighted by Gasteiger charge is 2.52. The Labute approximate surface area is 180 Å². The van der Waals surface area contributed by atoms with Crippen LogP contribution in [0.2, 0.25) is 0 Å². The fourth-order valence-corrected chi connectivity index (χ4v) is 5.12. The molecule has 3 aliphatic heterocycles. The minimum absolute atomic E-state index is 0.116. The third kappa shape index (κ3) is 3.88. The predicted molar refractivity (Wildman–Crippen MR) is 111 cm³/mol. The Morgan fingerprint density at radius 1 is 0.871 bits per heavy atom. The third-order valence-corrected chi connectivity index (χ3v) is 6.82. The molecule has 2 amide bonds. The molecular weight excluding hydrogens is 400 g/mol. The molecule has 2 aromatic rings. The Morgan fingerprint density at radius 2 is 1.58 bits per heavy atom. The number of nitrogens with zero attached hydrogens (tertiary/aromatic N) is 3. The van der Waals surface area contributed by atoms with Gasteiger partial charge in [-0.15, -0.1) is 0 Å². The molecule has 0 bridgehead atoms. The summed E-state index contributed by atoms with van der Waals surface area (Å²) in [7, 11) is 0. The van der Waals surface area contributed by atoms with Crippen LogP contribution in [0.25, 0.3) is 0 Å². The lowest BCUT2D eigenvalue weighted by Crippen LogP contribution is -2.42. The van der Waals surface area contributed by atoms with E-state index in [1.54, 1.807) is 0 Å². The fraction of sp³-hybridized carbons (Fsp3) is 0.417. The number of benzene rings is 2. The number of hydrogen-bond donors (Lipinski definition) is 0. The zero-order valence-electron chi connectivity index (χ0n) is 17.3. The van der Waals surface area contributed by atoms with Crippen molar-refractivity contribution in [1.82, 2.24) is 14.7 Å². The number of amides is 2. The van der Waals surface area contributed by atoms with Gasteiger partial charge in [-0.3, -0.25) is 24.3 Å². The number of carbonyl (C=O) groups is 2. The van der Waals surface area contributed by atoms with Crippen LogP contribution in [0, 0.1) is 23.5 Å². The van der Waals surface area contributed by atoms with Gasteiger partial charge in [-0.1, -0.05) is 30.3 Å². The zero-order chi connectivity index (χ0) is 21.5. The first kappa shape index (κ1) is 20.3. The minimum Gasteiger partial charge on any atom is -0.297 e. The molecule has 0 saturated carbocycles. The van der Waals surface area contributed by atoms with E-state index in [1.165, 1.54) is 28.2 Å². The smallest absolute Gasteiger partial charge is 0.234 e. The van der Waals surface area contributed by atoms with Crippen molar-refractivity contribution in [3.63, 3.8) is 0 Å². The summed E-state index contributed by atoms with van der Waals surface area (Å²) in [5.74, 6) is -2.17. The average Bonchev–Trinajstić information content (AvgIpc) is 3.27. The second kappa shape index (κ2) is 8.13. The highest BCUT2D eigenvalue weighted by molar-refractivity contribution is 6.05. The Bertz CT molecular complexity index is 1000. The van der Waals surface area contributed by atoms with E-state index in [-0.39, 0.29) is 30.2 Å². The molecule has 0 N–H and O–H groups in total. The molecule has 0 spiro atoms. The van der Waals surface area contributed by atoms with Crippen molar-refractivity contribution in [2.45, 2.75) is 19.5 Å². The number of hydrogen-bond acceptors (Lipinski definition) is 4. The highest BCUT2D eigenvalue weighted by atomic mass is 19.1. The molecule has 0 radical (unpaired) electrons. The molecule has 2 fully saturated rings. The molecule has 0 unspecified atom stereocenters. The molecule has 5 rings (SSSR count). The maximum Gasteiger partial charge on any atom is 0.234 e. The van der Waals surface area contributed by atoms with E-state index in [2.05, 4.69) is 23.1 Å². The molecule has 31 heavy (non-hydrogen) atoms. The van der Waals surface area contributed by atoms with Crippen molar-refractivity contribution < 1.29 is 18.4 Å². The largest absolute Gasteiger partial charge is 0.297 e. The summed E-state index contributed by atoms with van der Waals surface area (Å²) in [6.45, 7) is 3.99. The van der Waals surface area contributed by atoms with Gasteiger partial charge in [-0.25, -0.2) is 8.78 Å². The van der Waals surface area contributed by atoms with Gasteiger partial charge < -0.3 is 0 Å². The van der Waals surface area contributed by atoms with E-state index >= 15 is 0 Å². The zero-order valence-corrected chi connectivity index (χ0v) is 17.3. The summed E-state index contributed by atoms with van der Waals surface area (Å²) in [6, 6.07) is 11.9. The maximum atomic E-state index is 14.0. The van der Waals surface area contributed by atoms with Crippen LogP contribution >= 0.6 is 0 Å². The number of halogens is 2. The Kier molecular flexibility index (Phi) is 5.32. The van der Waals surface area contributed by atoms with Gasteiger partial charge in [0.2, 0.25) is 11.8 Å². The first-order chi connectivity index (χ1) is 15.0. The van der Waals surface area contributed by atoms with Crippen LogP contribution < -0.4 is 0 Å². The topological polar surface area (TPSA) is 43.9 Å². The van der Waals surface area contributed by atoms with Crippen LogP contribution in [-0.2, 0) is 29.1 Å². The quantitative estimate of drug-likeness (QED) is 0.691. The fourth-order valence-electron chi connectivity index (χ4n) is 5.12. The van der Waals surface area contributed by atoms with Crippen molar-refractivity contribution >= 4 is 11.8 Å². The number of imide groups is 1. The second-order valence-electron chi connectivity index (χ2n) is 8.77. The van der Waals surface area contributed by atoms with Crippen LogP contribution in [0.15, 0.2) is 42.5 Å². The summed E-state index contributed by atoms with van der Waals surface area (Å²) in [6.07, 6.45) is 0.984. The van der Waals surface area contributed by atoms with Gasteiger partial charge in [0.05, 0.1) is 11.8 Å². The molecule has 2 saturated heterocycles. The van der Waals surface area contributed by atoms with Gasteiger partial charge in [0.1, 0.15) is 11.6 Å². The van der Waals surface area contributed by atoms with Gasteiger partial charge >= 0.3 is 0 Å². The lowest BCUT2D eigenvalue weighted by atomic mass is 10.00. The van der Waals surface area contributed by atoms with Crippen LogP contribution in [0.5, 0.6) is 0 Å². The summed E-state index contributed by atoms with van der Waals surface area (Å²) < 4.78 is 27.1. The standard InChI is InChI=1S/C24H25F2N3O2/c25-19-6-5-18(22(26)11-19)13-28-14-20-21(15-28)24(31)29(23(20)30)10-9-27-8-7-16-3-1-2-4-17(16)12-27/h1-6,11,20-21H,7-10,12-15H2/t20-,21+. The SMILES string of the molecule is O=C1[C@H]2CN(Cc3ccc(F)cc3F)C[C@H]2C(=O)N1CCN1CCc2ccccc2C1. The number of fused-ring (bicyclic) bond motifs is 2. The van der Waals surface area contributed by atoms with Gasteiger partial charge in [0, 0.05) is 57.4 Å². The van der Waals surface area contributed by atoms with Crippen molar-refractivity contribution in [2.75, 3.05) is 32.7 Å². The number of carbonyl (C=O) groups excluding carboxylic acids is 2. The third-order valence-electron chi connectivity index (χ3n) is 6.82. The van der Waals surface area contributed by atoms with Crippen LogP contribution in [0.3, 0.4) is 0 Å². The molecule has 5 nitrogen and oxygen atoms in total. The molecule has 2 aromatic carbocycles. The lowest BCUT2D eigenvalue weighted by molar-refractivity contribution is -0.140. The summed E-state index contributed by atoms with van der Waals surface area (Å²) in [5, 5.41) is 0. The first-order valence-corrected chi connectivity index (χ1v) is 10.8. The van der Waals surface area contributed by atoms with E-state index < -0.39 is 11.6 Å². The summed E-state index contributed by atoms with van der Waals surface area (Å²) >= 11 is 0. The van der Waals surface area contributed by atoms with Gasteiger partial charge in [-0.05, 0) is 23.6 Å². The highest BCUT2D eigenvalue weighted by Crippen LogP contribution is 2.34.